The Morgan fingerprint density at radius 1 is 1.26 bits per heavy atom. The second kappa shape index (κ2) is 6.81. The van der Waals surface area contributed by atoms with Gasteiger partial charge in [0.05, 0.1) is 13.2 Å². The third-order valence-corrected chi connectivity index (χ3v) is 5.59. The van der Waals surface area contributed by atoms with E-state index in [0.29, 0.717) is 6.54 Å². The van der Waals surface area contributed by atoms with E-state index in [-0.39, 0.29) is 17.4 Å². The standard InChI is InChI=1S/C18H26BrN3O/c1-2-20-16(21-11-17(13-23)6-7-17)22-12-18(8-9-18)14-4-3-5-15(19)10-14/h3-5,10,23H,2,6-9,11-13H2,1H3,(H2,20,21,22). The molecule has 23 heavy (non-hydrogen) atoms. The van der Waals surface area contributed by atoms with Crippen LogP contribution in [-0.4, -0.2) is 37.3 Å². The molecule has 0 bridgehead atoms. The van der Waals surface area contributed by atoms with Crippen molar-refractivity contribution in [2.24, 2.45) is 10.4 Å². The highest BCUT2D eigenvalue weighted by Gasteiger charge is 2.44. The monoisotopic (exact) mass is 379 g/mol. The molecule has 0 saturated heterocycles. The Kier molecular flexibility index (Phi) is 4.97. The summed E-state index contributed by atoms with van der Waals surface area (Å²) in [4.78, 5) is 4.69. The second-order valence-corrected chi connectivity index (χ2v) is 7.91. The van der Waals surface area contributed by atoms with Crippen molar-refractivity contribution in [1.82, 2.24) is 10.6 Å². The van der Waals surface area contributed by atoms with Crippen LogP contribution in [0.5, 0.6) is 0 Å². The molecule has 0 aromatic heterocycles. The van der Waals surface area contributed by atoms with Gasteiger partial charge in [-0.1, -0.05) is 28.1 Å². The molecule has 3 rings (SSSR count). The largest absolute Gasteiger partial charge is 0.396 e. The number of rotatable bonds is 7. The van der Waals surface area contributed by atoms with Gasteiger partial charge in [-0.2, -0.15) is 0 Å². The van der Waals surface area contributed by atoms with E-state index in [1.807, 2.05) is 0 Å². The van der Waals surface area contributed by atoms with E-state index in [1.165, 1.54) is 18.4 Å². The number of benzene rings is 1. The van der Waals surface area contributed by atoms with E-state index in [4.69, 9.17) is 0 Å². The molecule has 2 aliphatic carbocycles. The molecule has 1 aromatic rings. The van der Waals surface area contributed by atoms with E-state index >= 15 is 0 Å². The van der Waals surface area contributed by atoms with Crippen molar-refractivity contribution in [3.05, 3.63) is 34.3 Å². The van der Waals surface area contributed by atoms with Crippen molar-refractivity contribution in [3.63, 3.8) is 0 Å². The number of aliphatic hydroxyl groups is 1. The minimum absolute atomic E-state index is 0.0594. The molecule has 0 atom stereocenters. The van der Waals surface area contributed by atoms with E-state index < -0.39 is 0 Å². The van der Waals surface area contributed by atoms with Gasteiger partial charge in [-0.15, -0.1) is 0 Å². The third kappa shape index (κ3) is 4.07. The Hall–Kier alpha value is -1.07. The van der Waals surface area contributed by atoms with Crippen LogP contribution in [0, 0.1) is 5.41 Å². The number of hydrogen-bond acceptors (Lipinski definition) is 2. The van der Waals surface area contributed by atoms with Gasteiger partial charge in [-0.3, -0.25) is 4.99 Å². The van der Waals surface area contributed by atoms with Gasteiger partial charge in [0.1, 0.15) is 0 Å². The maximum absolute atomic E-state index is 9.43. The van der Waals surface area contributed by atoms with Crippen molar-refractivity contribution >= 4 is 21.9 Å². The number of nitrogens with one attached hydrogen (secondary N) is 2. The van der Waals surface area contributed by atoms with Gasteiger partial charge < -0.3 is 15.7 Å². The summed E-state index contributed by atoms with van der Waals surface area (Å²) in [7, 11) is 0. The Balaban J connectivity index is 1.61. The summed E-state index contributed by atoms with van der Waals surface area (Å²) in [5, 5.41) is 16.3. The molecule has 0 spiro atoms. The Bertz CT molecular complexity index is 579. The Morgan fingerprint density at radius 2 is 2.04 bits per heavy atom. The predicted molar refractivity (Wildman–Crippen MR) is 97.8 cm³/mol. The fraction of sp³-hybridized carbons (Fsp3) is 0.611. The zero-order chi connectivity index (χ0) is 16.3. The van der Waals surface area contributed by atoms with Crippen molar-refractivity contribution in [2.75, 3.05) is 26.2 Å². The van der Waals surface area contributed by atoms with Crippen molar-refractivity contribution < 1.29 is 5.11 Å². The summed E-state index contributed by atoms with van der Waals surface area (Å²) in [5.41, 5.74) is 1.70. The summed E-state index contributed by atoms with van der Waals surface area (Å²) in [6.45, 7) is 4.79. The summed E-state index contributed by atoms with van der Waals surface area (Å²) < 4.78 is 1.14. The second-order valence-electron chi connectivity index (χ2n) is 7.00. The van der Waals surface area contributed by atoms with Gasteiger partial charge in [0.25, 0.3) is 0 Å². The number of nitrogens with zero attached hydrogens (tertiary/aromatic N) is 1. The lowest BCUT2D eigenvalue weighted by molar-refractivity contribution is 0.217. The lowest BCUT2D eigenvalue weighted by Crippen LogP contribution is -2.41. The van der Waals surface area contributed by atoms with Crippen LogP contribution < -0.4 is 10.6 Å². The summed E-state index contributed by atoms with van der Waals surface area (Å²) in [5.74, 6) is 0.869. The topological polar surface area (TPSA) is 56.7 Å². The molecule has 2 fully saturated rings. The Morgan fingerprint density at radius 3 is 2.61 bits per heavy atom. The quantitative estimate of drug-likeness (QED) is 0.504. The summed E-state index contributed by atoms with van der Waals surface area (Å²) in [6.07, 6.45) is 4.62. The van der Waals surface area contributed by atoms with Crippen LogP contribution in [-0.2, 0) is 5.41 Å². The molecular weight excluding hydrogens is 354 g/mol. The first-order valence-corrected chi connectivity index (χ1v) is 9.30. The summed E-state index contributed by atoms with van der Waals surface area (Å²) >= 11 is 3.57. The first-order valence-electron chi connectivity index (χ1n) is 8.51. The normalized spacial score (nSPS) is 20.9. The molecule has 0 radical (unpaired) electrons. The molecule has 2 aliphatic rings. The molecule has 1 aromatic carbocycles. The number of aliphatic imine (C=N–C) groups is 1. The van der Waals surface area contributed by atoms with E-state index in [2.05, 4.69) is 62.7 Å². The lowest BCUT2D eigenvalue weighted by Gasteiger charge is -2.20. The fourth-order valence-electron chi connectivity index (χ4n) is 2.92. The van der Waals surface area contributed by atoms with Crippen LogP contribution in [0.15, 0.2) is 33.7 Å². The number of guanidine groups is 1. The molecule has 0 heterocycles. The van der Waals surface area contributed by atoms with Gasteiger partial charge in [0, 0.05) is 28.4 Å². The molecule has 4 nitrogen and oxygen atoms in total. The maximum atomic E-state index is 9.43. The molecule has 3 N–H and O–H groups in total. The van der Waals surface area contributed by atoms with Crippen LogP contribution in [0.4, 0.5) is 0 Å². The van der Waals surface area contributed by atoms with E-state index in [1.54, 1.807) is 0 Å². The minimum Gasteiger partial charge on any atom is -0.396 e. The zero-order valence-corrected chi connectivity index (χ0v) is 15.3. The van der Waals surface area contributed by atoms with Crippen LogP contribution in [0.2, 0.25) is 0 Å². The number of halogens is 1. The zero-order valence-electron chi connectivity index (χ0n) is 13.7. The van der Waals surface area contributed by atoms with Gasteiger partial charge in [0.2, 0.25) is 0 Å². The minimum atomic E-state index is 0.0594. The summed E-state index contributed by atoms with van der Waals surface area (Å²) in [6, 6.07) is 8.62. The first kappa shape index (κ1) is 16.8. The van der Waals surface area contributed by atoms with Crippen molar-refractivity contribution in [1.29, 1.82) is 0 Å². The highest BCUT2D eigenvalue weighted by atomic mass is 79.9. The Labute approximate surface area is 146 Å². The molecule has 5 heteroatoms. The van der Waals surface area contributed by atoms with Crippen molar-refractivity contribution in [3.8, 4) is 0 Å². The maximum Gasteiger partial charge on any atom is 0.191 e. The average molecular weight is 380 g/mol. The molecule has 126 valence electrons. The molecule has 0 unspecified atom stereocenters. The average Bonchev–Trinajstić information content (AvgIpc) is 3.46. The highest BCUT2D eigenvalue weighted by molar-refractivity contribution is 9.10. The molecule has 0 aliphatic heterocycles. The highest BCUT2D eigenvalue weighted by Crippen LogP contribution is 2.48. The number of aliphatic hydroxyl groups excluding tert-OH is 1. The van der Waals surface area contributed by atoms with Gasteiger partial charge in [-0.05, 0) is 50.3 Å². The van der Waals surface area contributed by atoms with E-state index in [0.717, 1.165) is 36.4 Å². The van der Waals surface area contributed by atoms with Crippen LogP contribution >= 0.6 is 15.9 Å². The third-order valence-electron chi connectivity index (χ3n) is 5.09. The SMILES string of the molecule is CCNC(=NCC1(CO)CC1)NCC1(c2cccc(Br)c2)CC1. The predicted octanol–water partition coefficient (Wildman–Crippen LogP) is 2.81. The lowest BCUT2D eigenvalue weighted by atomic mass is 9.96. The first-order chi connectivity index (χ1) is 11.1. The van der Waals surface area contributed by atoms with Crippen LogP contribution in [0.3, 0.4) is 0 Å². The molecule has 2 saturated carbocycles. The van der Waals surface area contributed by atoms with E-state index in [9.17, 15) is 5.11 Å². The van der Waals surface area contributed by atoms with Gasteiger partial charge in [0.15, 0.2) is 5.96 Å². The van der Waals surface area contributed by atoms with Crippen molar-refractivity contribution in [2.45, 2.75) is 38.0 Å². The van der Waals surface area contributed by atoms with Crippen LogP contribution in [0.1, 0.15) is 38.2 Å². The van der Waals surface area contributed by atoms with Crippen LogP contribution in [0.25, 0.3) is 0 Å². The smallest absolute Gasteiger partial charge is 0.191 e. The van der Waals surface area contributed by atoms with Gasteiger partial charge in [-0.25, -0.2) is 0 Å². The molecule has 0 amide bonds. The number of hydrogen-bond donors (Lipinski definition) is 3. The van der Waals surface area contributed by atoms with Gasteiger partial charge >= 0.3 is 0 Å². The molecular formula is C18H26BrN3O. The fourth-order valence-corrected chi connectivity index (χ4v) is 3.32.